The molecule has 2 rings (SSSR count). The lowest BCUT2D eigenvalue weighted by Crippen LogP contribution is -2.21. The highest BCUT2D eigenvalue weighted by molar-refractivity contribution is 6.04. The number of hydrogen-bond acceptors (Lipinski definition) is 3. The summed E-state index contributed by atoms with van der Waals surface area (Å²) in [5.74, 6) is -1.91. The Labute approximate surface area is 119 Å². The number of hydrogen-bond donors (Lipinski definition) is 3. The monoisotopic (exact) mass is 289 g/mol. The van der Waals surface area contributed by atoms with Crippen LogP contribution < -0.4 is 10.6 Å². The number of aromatic nitrogens is 1. The van der Waals surface area contributed by atoms with Gasteiger partial charge in [-0.1, -0.05) is 0 Å². The number of pyridine rings is 1. The van der Waals surface area contributed by atoms with Crippen molar-refractivity contribution in [2.24, 2.45) is 0 Å². The van der Waals surface area contributed by atoms with Gasteiger partial charge < -0.3 is 15.7 Å². The van der Waals surface area contributed by atoms with Gasteiger partial charge in [0.15, 0.2) is 0 Å². The predicted octanol–water partition coefficient (Wildman–Crippen LogP) is 2.87. The molecule has 21 heavy (non-hydrogen) atoms. The molecular formula is C14H12FN3O3. The normalized spacial score (nSPS) is 10.0. The summed E-state index contributed by atoms with van der Waals surface area (Å²) in [4.78, 5) is 26.7. The zero-order valence-corrected chi connectivity index (χ0v) is 11.1. The van der Waals surface area contributed by atoms with Crippen LogP contribution in [0.2, 0.25) is 0 Å². The van der Waals surface area contributed by atoms with Crippen LogP contribution in [-0.2, 0) is 0 Å². The number of aromatic carboxylic acids is 1. The Morgan fingerprint density at radius 1 is 1.19 bits per heavy atom. The first kappa shape index (κ1) is 14.4. The van der Waals surface area contributed by atoms with E-state index < -0.39 is 17.8 Å². The molecule has 0 unspecified atom stereocenters. The standard InChI is InChI=1S/C14H12FN3O3/c1-8-4-10(7-16-6-8)17-14(21)18-12-5-9(15)2-3-11(12)13(19)20/h2-7H,1H3,(H,19,20)(H2,17,18,21). The molecule has 7 heteroatoms. The quantitative estimate of drug-likeness (QED) is 0.810. The first-order valence-electron chi connectivity index (χ1n) is 5.98. The van der Waals surface area contributed by atoms with E-state index in [-0.39, 0.29) is 11.3 Å². The number of nitrogens with one attached hydrogen (secondary N) is 2. The summed E-state index contributed by atoms with van der Waals surface area (Å²) in [7, 11) is 0. The SMILES string of the molecule is Cc1cncc(NC(=O)Nc2cc(F)ccc2C(=O)O)c1. The Bertz CT molecular complexity index is 704. The molecule has 0 atom stereocenters. The highest BCUT2D eigenvalue weighted by Gasteiger charge is 2.13. The van der Waals surface area contributed by atoms with E-state index in [1.54, 1.807) is 12.3 Å². The number of carbonyl (C=O) groups excluding carboxylic acids is 1. The van der Waals surface area contributed by atoms with Crippen LogP contribution in [0.1, 0.15) is 15.9 Å². The van der Waals surface area contributed by atoms with Crippen molar-refractivity contribution in [2.45, 2.75) is 6.92 Å². The number of carbonyl (C=O) groups is 2. The van der Waals surface area contributed by atoms with Crippen LogP contribution in [-0.4, -0.2) is 22.1 Å². The molecule has 0 aliphatic rings. The van der Waals surface area contributed by atoms with Crippen molar-refractivity contribution in [1.29, 1.82) is 0 Å². The van der Waals surface area contributed by atoms with Gasteiger partial charge in [-0.05, 0) is 36.8 Å². The average molecular weight is 289 g/mol. The minimum absolute atomic E-state index is 0.124. The van der Waals surface area contributed by atoms with E-state index in [0.717, 1.165) is 23.8 Å². The fraction of sp³-hybridized carbons (Fsp3) is 0.0714. The molecule has 1 aromatic heterocycles. The molecule has 1 aromatic carbocycles. The fourth-order valence-electron chi connectivity index (χ4n) is 1.71. The molecule has 108 valence electrons. The summed E-state index contributed by atoms with van der Waals surface area (Å²) < 4.78 is 13.2. The van der Waals surface area contributed by atoms with Gasteiger partial charge in [0.25, 0.3) is 0 Å². The zero-order chi connectivity index (χ0) is 15.4. The smallest absolute Gasteiger partial charge is 0.337 e. The topological polar surface area (TPSA) is 91.3 Å². The molecule has 0 fully saturated rings. The van der Waals surface area contributed by atoms with Gasteiger partial charge in [-0.3, -0.25) is 4.98 Å². The number of carboxylic acids is 1. The predicted molar refractivity (Wildman–Crippen MR) is 75.0 cm³/mol. The Hall–Kier alpha value is -2.96. The van der Waals surface area contributed by atoms with Gasteiger partial charge in [-0.25, -0.2) is 14.0 Å². The van der Waals surface area contributed by atoms with E-state index in [2.05, 4.69) is 15.6 Å². The maximum absolute atomic E-state index is 13.2. The number of nitrogens with zero attached hydrogens (tertiary/aromatic N) is 1. The molecule has 0 aliphatic carbocycles. The van der Waals surface area contributed by atoms with Crippen molar-refractivity contribution in [3.8, 4) is 0 Å². The lowest BCUT2D eigenvalue weighted by molar-refractivity contribution is 0.0698. The molecule has 2 aromatic rings. The van der Waals surface area contributed by atoms with Crippen molar-refractivity contribution in [1.82, 2.24) is 4.98 Å². The van der Waals surface area contributed by atoms with Crippen LogP contribution in [0.5, 0.6) is 0 Å². The van der Waals surface area contributed by atoms with Crippen LogP contribution in [0.3, 0.4) is 0 Å². The summed E-state index contributed by atoms with van der Waals surface area (Å²) in [6.07, 6.45) is 3.06. The minimum atomic E-state index is -1.26. The van der Waals surface area contributed by atoms with Gasteiger partial charge in [0, 0.05) is 6.20 Å². The second-order valence-electron chi connectivity index (χ2n) is 4.33. The number of rotatable bonds is 3. The van der Waals surface area contributed by atoms with Gasteiger partial charge in [-0.2, -0.15) is 0 Å². The maximum Gasteiger partial charge on any atom is 0.337 e. The van der Waals surface area contributed by atoms with Crippen LogP contribution in [0.25, 0.3) is 0 Å². The molecule has 0 radical (unpaired) electrons. The Morgan fingerprint density at radius 2 is 1.95 bits per heavy atom. The van der Waals surface area contributed by atoms with Crippen LogP contribution in [0.15, 0.2) is 36.7 Å². The van der Waals surface area contributed by atoms with Crippen LogP contribution in [0, 0.1) is 12.7 Å². The number of carboxylic acid groups (broad SMARTS) is 1. The number of anilines is 2. The van der Waals surface area contributed by atoms with E-state index in [4.69, 9.17) is 5.11 Å². The first-order chi connectivity index (χ1) is 9.95. The van der Waals surface area contributed by atoms with Crippen molar-refractivity contribution >= 4 is 23.4 Å². The second-order valence-corrected chi connectivity index (χ2v) is 4.33. The van der Waals surface area contributed by atoms with E-state index in [0.29, 0.717) is 5.69 Å². The second kappa shape index (κ2) is 6.00. The maximum atomic E-state index is 13.2. The third-order valence-corrected chi connectivity index (χ3v) is 2.59. The van der Waals surface area contributed by atoms with E-state index >= 15 is 0 Å². The fourth-order valence-corrected chi connectivity index (χ4v) is 1.71. The highest BCUT2D eigenvalue weighted by Crippen LogP contribution is 2.18. The molecule has 0 saturated carbocycles. The number of urea groups is 1. The first-order valence-corrected chi connectivity index (χ1v) is 5.98. The van der Waals surface area contributed by atoms with Crippen LogP contribution >= 0.6 is 0 Å². The average Bonchev–Trinajstić information content (AvgIpc) is 2.38. The molecule has 1 heterocycles. The molecule has 2 amide bonds. The molecular weight excluding hydrogens is 277 g/mol. The molecule has 0 saturated heterocycles. The summed E-state index contributed by atoms with van der Waals surface area (Å²) in [5, 5.41) is 13.8. The number of benzene rings is 1. The van der Waals surface area contributed by atoms with Crippen molar-refractivity contribution < 1.29 is 19.1 Å². The lowest BCUT2D eigenvalue weighted by atomic mass is 10.2. The van der Waals surface area contributed by atoms with E-state index in [1.165, 1.54) is 6.20 Å². The van der Waals surface area contributed by atoms with Gasteiger partial charge in [-0.15, -0.1) is 0 Å². The lowest BCUT2D eigenvalue weighted by Gasteiger charge is -2.10. The van der Waals surface area contributed by atoms with Gasteiger partial charge in [0.2, 0.25) is 0 Å². The van der Waals surface area contributed by atoms with Gasteiger partial charge in [0.1, 0.15) is 5.82 Å². The summed E-state index contributed by atoms with van der Waals surface area (Å²) in [5.41, 5.74) is 0.972. The molecule has 3 N–H and O–H groups in total. The summed E-state index contributed by atoms with van der Waals surface area (Å²) in [6.45, 7) is 1.81. The summed E-state index contributed by atoms with van der Waals surface area (Å²) in [6, 6.07) is 4.04. The van der Waals surface area contributed by atoms with E-state index in [1.807, 2.05) is 6.92 Å². The Morgan fingerprint density at radius 3 is 2.62 bits per heavy atom. The third-order valence-electron chi connectivity index (χ3n) is 2.59. The third kappa shape index (κ3) is 3.75. The minimum Gasteiger partial charge on any atom is -0.478 e. The Balaban J connectivity index is 2.16. The summed E-state index contributed by atoms with van der Waals surface area (Å²) >= 11 is 0. The van der Waals surface area contributed by atoms with Crippen molar-refractivity contribution in [3.05, 3.63) is 53.6 Å². The zero-order valence-electron chi connectivity index (χ0n) is 11.1. The van der Waals surface area contributed by atoms with Gasteiger partial charge in [0.05, 0.1) is 23.1 Å². The molecule has 0 spiro atoms. The van der Waals surface area contributed by atoms with Crippen molar-refractivity contribution in [3.63, 3.8) is 0 Å². The van der Waals surface area contributed by atoms with Gasteiger partial charge >= 0.3 is 12.0 Å². The number of amides is 2. The van der Waals surface area contributed by atoms with Crippen molar-refractivity contribution in [2.75, 3.05) is 10.6 Å². The largest absolute Gasteiger partial charge is 0.478 e. The molecule has 6 nitrogen and oxygen atoms in total. The molecule has 0 bridgehead atoms. The van der Waals surface area contributed by atoms with E-state index in [9.17, 15) is 14.0 Å². The molecule has 0 aliphatic heterocycles. The highest BCUT2D eigenvalue weighted by atomic mass is 19.1. The number of halogens is 1. The number of aryl methyl sites for hydroxylation is 1. The Kier molecular flexibility index (Phi) is 4.13. The van der Waals surface area contributed by atoms with Crippen LogP contribution in [0.4, 0.5) is 20.6 Å².